The first-order valence-corrected chi connectivity index (χ1v) is 8.27. The standard InChI is InChI=1S/C15H13BrN6O4/c1-9-12(16)13(22(24)25)19-21(9)8-11-18-15(26-20-11)14(23)17-7-10-5-3-2-4-6-10/h2-6H,7-8H2,1H3,(H,17,23). The van der Waals surface area contributed by atoms with Crippen molar-refractivity contribution in [3.63, 3.8) is 0 Å². The van der Waals surface area contributed by atoms with Gasteiger partial charge in [0.05, 0.1) is 10.8 Å². The highest BCUT2D eigenvalue weighted by molar-refractivity contribution is 9.10. The minimum Gasteiger partial charge on any atom is -0.358 e. The quantitative estimate of drug-likeness (QED) is 0.477. The number of carbonyl (C=O) groups is 1. The lowest BCUT2D eigenvalue weighted by Gasteiger charge is -2.01. The van der Waals surface area contributed by atoms with Crippen LogP contribution in [0.25, 0.3) is 0 Å². The molecule has 0 saturated heterocycles. The number of carbonyl (C=O) groups excluding carboxylic acids is 1. The molecule has 10 nitrogen and oxygen atoms in total. The Morgan fingerprint density at radius 2 is 2.12 bits per heavy atom. The topological polar surface area (TPSA) is 129 Å². The van der Waals surface area contributed by atoms with E-state index >= 15 is 0 Å². The van der Waals surface area contributed by atoms with Crippen molar-refractivity contribution in [2.45, 2.75) is 20.0 Å². The zero-order chi connectivity index (χ0) is 18.7. The average molecular weight is 421 g/mol. The number of nitrogens with zero attached hydrogens (tertiary/aromatic N) is 5. The average Bonchev–Trinajstić information content (AvgIpc) is 3.21. The van der Waals surface area contributed by atoms with Crippen molar-refractivity contribution < 1.29 is 14.2 Å². The molecule has 1 aromatic carbocycles. The highest BCUT2D eigenvalue weighted by Gasteiger charge is 2.25. The predicted octanol–water partition coefficient (Wildman–Crippen LogP) is 2.22. The Kier molecular flexibility index (Phi) is 5.07. The largest absolute Gasteiger partial charge is 0.404 e. The molecule has 0 aliphatic rings. The smallest absolute Gasteiger partial charge is 0.358 e. The van der Waals surface area contributed by atoms with E-state index in [1.165, 1.54) is 4.68 Å². The molecule has 0 aliphatic heterocycles. The van der Waals surface area contributed by atoms with Crippen molar-refractivity contribution in [1.29, 1.82) is 0 Å². The van der Waals surface area contributed by atoms with E-state index in [1.54, 1.807) is 6.92 Å². The van der Waals surface area contributed by atoms with Crippen LogP contribution in [0.4, 0.5) is 5.82 Å². The van der Waals surface area contributed by atoms with E-state index in [0.717, 1.165) is 5.56 Å². The Morgan fingerprint density at radius 1 is 1.38 bits per heavy atom. The van der Waals surface area contributed by atoms with Gasteiger partial charge in [0.25, 0.3) is 0 Å². The number of amides is 1. The fourth-order valence-electron chi connectivity index (χ4n) is 2.18. The lowest BCUT2D eigenvalue weighted by molar-refractivity contribution is -0.390. The second kappa shape index (κ2) is 7.44. The van der Waals surface area contributed by atoms with Gasteiger partial charge in [-0.2, -0.15) is 9.67 Å². The van der Waals surface area contributed by atoms with Crippen LogP contribution in [-0.4, -0.2) is 30.8 Å². The molecule has 0 fully saturated rings. The van der Waals surface area contributed by atoms with Crippen LogP contribution in [-0.2, 0) is 13.1 Å². The second-order valence-electron chi connectivity index (χ2n) is 5.32. The Morgan fingerprint density at radius 3 is 2.77 bits per heavy atom. The van der Waals surface area contributed by atoms with E-state index < -0.39 is 10.8 Å². The summed E-state index contributed by atoms with van der Waals surface area (Å²) in [4.78, 5) is 26.4. The normalized spacial score (nSPS) is 10.7. The van der Waals surface area contributed by atoms with Crippen molar-refractivity contribution in [3.05, 3.63) is 67.9 Å². The van der Waals surface area contributed by atoms with Crippen molar-refractivity contribution in [3.8, 4) is 0 Å². The number of nitro groups is 1. The first-order valence-electron chi connectivity index (χ1n) is 7.47. The summed E-state index contributed by atoms with van der Waals surface area (Å²) in [6, 6.07) is 9.39. The van der Waals surface area contributed by atoms with Crippen LogP contribution in [0.15, 0.2) is 39.3 Å². The SMILES string of the molecule is Cc1c(Br)c([N+](=O)[O-])nn1Cc1noc(C(=O)NCc2ccccc2)n1. The van der Waals surface area contributed by atoms with E-state index in [0.29, 0.717) is 12.2 Å². The third-order valence-electron chi connectivity index (χ3n) is 3.54. The van der Waals surface area contributed by atoms with Crippen LogP contribution in [0.3, 0.4) is 0 Å². The molecule has 0 unspecified atom stereocenters. The molecule has 11 heteroatoms. The first-order chi connectivity index (χ1) is 12.5. The van der Waals surface area contributed by atoms with E-state index in [2.05, 4.69) is 36.5 Å². The number of hydrogen-bond donors (Lipinski definition) is 1. The molecular weight excluding hydrogens is 408 g/mol. The van der Waals surface area contributed by atoms with Gasteiger partial charge in [0, 0.05) is 6.54 Å². The Hall–Kier alpha value is -3.08. The van der Waals surface area contributed by atoms with Gasteiger partial charge < -0.3 is 20.0 Å². The molecule has 2 heterocycles. The fourth-order valence-corrected chi connectivity index (χ4v) is 2.61. The number of nitrogens with one attached hydrogen (secondary N) is 1. The molecule has 1 N–H and O–H groups in total. The molecule has 0 aliphatic carbocycles. The van der Waals surface area contributed by atoms with Crippen LogP contribution >= 0.6 is 15.9 Å². The Labute approximate surface area is 155 Å². The Bertz CT molecular complexity index is 952. The van der Waals surface area contributed by atoms with Gasteiger partial charge >= 0.3 is 17.6 Å². The van der Waals surface area contributed by atoms with E-state index in [4.69, 9.17) is 4.52 Å². The third kappa shape index (κ3) is 3.77. The maximum atomic E-state index is 12.1. The van der Waals surface area contributed by atoms with Crippen LogP contribution in [0.5, 0.6) is 0 Å². The summed E-state index contributed by atoms with van der Waals surface area (Å²) in [5, 5.41) is 21.2. The minimum absolute atomic E-state index is 0.0355. The molecule has 2 aromatic heterocycles. The summed E-state index contributed by atoms with van der Waals surface area (Å²) in [5.41, 5.74) is 1.47. The highest BCUT2D eigenvalue weighted by Crippen LogP contribution is 2.27. The van der Waals surface area contributed by atoms with Gasteiger partial charge in [-0.05, 0) is 33.3 Å². The molecule has 3 aromatic rings. The van der Waals surface area contributed by atoms with Gasteiger partial charge in [-0.15, -0.1) is 0 Å². The van der Waals surface area contributed by atoms with Gasteiger partial charge in [-0.1, -0.05) is 35.5 Å². The van der Waals surface area contributed by atoms with Crippen LogP contribution < -0.4 is 5.32 Å². The zero-order valence-electron chi connectivity index (χ0n) is 13.5. The van der Waals surface area contributed by atoms with E-state index in [-0.39, 0.29) is 28.6 Å². The molecule has 1 amide bonds. The summed E-state index contributed by atoms with van der Waals surface area (Å²) >= 11 is 3.13. The maximum Gasteiger partial charge on any atom is 0.404 e. The number of aromatic nitrogens is 4. The monoisotopic (exact) mass is 420 g/mol. The molecule has 0 saturated carbocycles. The molecule has 26 heavy (non-hydrogen) atoms. The second-order valence-corrected chi connectivity index (χ2v) is 6.11. The van der Waals surface area contributed by atoms with E-state index in [1.807, 2.05) is 30.3 Å². The summed E-state index contributed by atoms with van der Waals surface area (Å²) < 4.78 is 6.60. The van der Waals surface area contributed by atoms with Crippen LogP contribution in [0.2, 0.25) is 0 Å². The molecule has 3 rings (SSSR count). The zero-order valence-corrected chi connectivity index (χ0v) is 15.1. The molecular formula is C15H13BrN6O4. The number of halogens is 1. The molecule has 134 valence electrons. The van der Waals surface area contributed by atoms with Crippen molar-refractivity contribution in [1.82, 2.24) is 25.2 Å². The van der Waals surface area contributed by atoms with Gasteiger partial charge in [0.2, 0.25) is 0 Å². The minimum atomic E-state index is -0.591. The van der Waals surface area contributed by atoms with Gasteiger partial charge in [0.1, 0.15) is 11.0 Å². The predicted molar refractivity (Wildman–Crippen MR) is 92.3 cm³/mol. The fraction of sp³-hybridized carbons (Fsp3) is 0.200. The van der Waals surface area contributed by atoms with E-state index in [9.17, 15) is 14.9 Å². The molecule has 0 bridgehead atoms. The summed E-state index contributed by atoms with van der Waals surface area (Å²) in [6.07, 6.45) is 0. The van der Waals surface area contributed by atoms with Crippen LogP contribution in [0.1, 0.15) is 27.8 Å². The number of rotatable bonds is 6. The number of hydrogen-bond acceptors (Lipinski definition) is 7. The summed E-state index contributed by atoms with van der Waals surface area (Å²) in [5.74, 6) is -0.805. The van der Waals surface area contributed by atoms with Gasteiger partial charge in [-0.3, -0.25) is 4.79 Å². The maximum absolute atomic E-state index is 12.1. The van der Waals surface area contributed by atoms with Gasteiger partial charge in [-0.25, -0.2) is 0 Å². The molecule has 0 radical (unpaired) electrons. The Balaban J connectivity index is 1.67. The molecule has 0 atom stereocenters. The van der Waals surface area contributed by atoms with Crippen molar-refractivity contribution >= 4 is 27.7 Å². The van der Waals surface area contributed by atoms with Crippen molar-refractivity contribution in [2.24, 2.45) is 0 Å². The van der Waals surface area contributed by atoms with Crippen molar-refractivity contribution in [2.75, 3.05) is 0 Å². The summed E-state index contributed by atoms with van der Waals surface area (Å²) in [7, 11) is 0. The lowest BCUT2D eigenvalue weighted by Crippen LogP contribution is -2.23. The third-order valence-corrected chi connectivity index (χ3v) is 4.47. The van der Waals surface area contributed by atoms with Gasteiger partial charge in [0.15, 0.2) is 5.82 Å². The summed E-state index contributed by atoms with van der Waals surface area (Å²) in [6.45, 7) is 2.03. The highest BCUT2D eigenvalue weighted by atomic mass is 79.9. The first kappa shape index (κ1) is 17.7. The number of benzene rings is 1. The lowest BCUT2D eigenvalue weighted by atomic mass is 10.2. The van der Waals surface area contributed by atoms with Crippen LogP contribution in [0, 0.1) is 17.0 Å². The molecule has 0 spiro atoms.